The molecular formula is C23H31IN4O3. The van der Waals surface area contributed by atoms with Gasteiger partial charge in [-0.2, -0.15) is 0 Å². The van der Waals surface area contributed by atoms with Gasteiger partial charge in [0, 0.05) is 37.6 Å². The molecule has 1 aliphatic rings. The van der Waals surface area contributed by atoms with Gasteiger partial charge in [-0.25, -0.2) is 0 Å². The molecule has 0 saturated carbocycles. The smallest absolute Gasteiger partial charge is 0.191 e. The average molecular weight is 538 g/mol. The number of halogens is 1. The summed E-state index contributed by atoms with van der Waals surface area (Å²) in [7, 11) is 1.78. The topological polar surface area (TPSA) is 75.2 Å². The number of aryl methyl sites for hydroxylation is 2. The minimum absolute atomic E-state index is 0. The summed E-state index contributed by atoms with van der Waals surface area (Å²) in [5, 5.41) is 7.98. The van der Waals surface area contributed by atoms with E-state index in [1.54, 1.807) is 7.05 Å². The lowest BCUT2D eigenvalue weighted by Gasteiger charge is -2.33. The Kier molecular flexibility index (Phi) is 8.39. The number of furan rings is 2. The van der Waals surface area contributed by atoms with Crippen LogP contribution >= 0.6 is 24.0 Å². The van der Waals surface area contributed by atoms with E-state index in [4.69, 9.17) is 13.6 Å². The SMILES string of the molecule is CN=C(NCc1oc2ccccc2c1C)NCC(c1ccc(C)o1)N1CCOCC1.I. The van der Waals surface area contributed by atoms with Crippen molar-refractivity contribution in [2.75, 3.05) is 39.9 Å². The summed E-state index contributed by atoms with van der Waals surface area (Å²) >= 11 is 0. The van der Waals surface area contributed by atoms with Crippen LogP contribution in [0.5, 0.6) is 0 Å². The van der Waals surface area contributed by atoms with Crippen molar-refractivity contribution in [3.8, 4) is 0 Å². The summed E-state index contributed by atoms with van der Waals surface area (Å²) in [4.78, 5) is 6.78. The molecule has 168 valence electrons. The lowest BCUT2D eigenvalue weighted by atomic mass is 10.1. The average Bonchev–Trinajstić information content (AvgIpc) is 3.34. The van der Waals surface area contributed by atoms with Crippen molar-refractivity contribution in [3.63, 3.8) is 0 Å². The first-order valence-corrected chi connectivity index (χ1v) is 10.5. The van der Waals surface area contributed by atoms with E-state index in [0.717, 1.165) is 66.1 Å². The van der Waals surface area contributed by atoms with Crippen LogP contribution < -0.4 is 10.6 Å². The lowest BCUT2D eigenvalue weighted by molar-refractivity contribution is 0.0124. The van der Waals surface area contributed by atoms with Crippen LogP contribution in [0.3, 0.4) is 0 Å². The molecule has 3 aromatic rings. The number of nitrogens with zero attached hydrogens (tertiary/aromatic N) is 2. The molecule has 1 unspecified atom stereocenters. The summed E-state index contributed by atoms with van der Waals surface area (Å²) in [6.07, 6.45) is 0. The number of guanidine groups is 1. The molecule has 1 aliphatic heterocycles. The first kappa shape index (κ1) is 23.6. The van der Waals surface area contributed by atoms with Gasteiger partial charge in [-0.15, -0.1) is 24.0 Å². The number of aliphatic imine (C=N–C) groups is 1. The van der Waals surface area contributed by atoms with E-state index in [1.165, 1.54) is 0 Å². The maximum absolute atomic E-state index is 6.00. The predicted octanol–water partition coefficient (Wildman–Crippen LogP) is 4.00. The Hall–Kier alpha value is -2.04. The minimum atomic E-state index is 0. The van der Waals surface area contributed by atoms with Crippen LogP contribution in [0.25, 0.3) is 11.0 Å². The highest BCUT2D eigenvalue weighted by molar-refractivity contribution is 14.0. The summed E-state index contributed by atoms with van der Waals surface area (Å²) in [5.41, 5.74) is 2.07. The number of rotatable bonds is 6. The second-order valence-corrected chi connectivity index (χ2v) is 7.57. The van der Waals surface area contributed by atoms with Gasteiger partial charge in [0.1, 0.15) is 22.9 Å². The van der Waals surface area contributed by atoms with Crippen molar-refractivity contribution in [1.29, 1.82) is 0 Å². The van der Waals surface area contributed by atoms with E-state index >= 15 is 0 Å². The fourth-order valence-corrected chi connectivity index (χ4v) is 3.90. The Morgan fingerprint density at radius 3 is 2.52 bits per heavy atom. The van der Waals surface area contributed by atoms with Gasteiger partial charge in [0.25, 0.3) is 0 Å². The Bertz CT molecular complexity index is 1010. The Morgan fingerprint density at radius 2 is 1.84 bits per heavy atom. The van der Waals surface area contributed by atoms with Crippen molar-refractivity contribution < 1.29 is 13.6 Å². The second kappa shape index (κ2) is 11.0. The second-order valence-electron chi connectivity index (χ2n) is 7.57. The highest BCUT2D eigenvalue weighted by Gasteiger charge is 2.25. The number of benzene rings is 1. The molecule has 1 saturated heterocycles. The van der Waals surface area contributed by atoms with Crippen molar-refractivity contribution in [1.82, 2.24) is 15.5 Å². The number of hydrogen-bond acceptors (Lipinski definition) is 5. The van der Waals surface area contributed by atoms with Crippen LogP contribution in [0.15, 0.2) is 50.2 Å². The molecule has 0 radical (unpaired) electrons. The molecule has 1 fully saturated rings. The molecule has 7 nitrogen and oxygen atoms in total. The summed E-state index contributed by atoms with van der Waals surface area (Å²) in [5.74, 6) is 3.54. The maximum atomic E-state index is 6.00. The fourth-order valence-electron chi connectivity index (χ4n) is 3.90. The van der Waals surface area contributed by atoms with Gasteiger partial charge in [-0.3, -0.25) is 9.89 Å². The molecule has 4 rings (SSSR count). The van der Waals surface area contributed by atoms with Crippen LogP contribution in [0, 0.1) is 13.8 Å². The van der Waals surface area contributed by atoms with Crippen molar-refractivity contribution in [3.05, 3.63) is 59.2 Å². The van der Waals surface area contributed by atoms with Crippen LogP contribution in [0.4, 0.5) is 0 Å². The van der Waals surface area contributed by atoms with Gasteiger partial charge in [0.15, 0.2) is 5.96 Å². The van der Waals surface area contributed by atoms with Crippen molar-refractivity contribution >= 4 is 40.9 Å². The molecule has 0 amide bonds. The maximum Gasteiger partial charge on any atom is 0.191 e. The normalized spacial score (nSPS) is 16.2. The summed E-state index contributed by atoms with van der Waals surface area (Å²) < 4.78 is 17.5. The largest absolute Gasteiger partial charge is 0.465 e. The first-order chi connectivity index (χ1) is 14.7. The highest BCUT2D eigenvalue weighted by atomic mass is 127. The third kappa shape index (κ3) is 5.61. The van der Waals surface area contributed by atoms with Crippen LogP contribution in [0.1, 0.15) is 28.9 Å². The highest BCUT2D eigenvalue weighted by Crippen LogP contribution is 2.25. The summed E-state index contributed by atoms with van der Waals surface area (Å²) in [6.45, 7) is 8.58. The number of ether oxygens (including phenoxy) is 1. The van der Waals surface area contributed by atoms with Crippen molar-refractivity contribution in [2.45, 2.75) is 26.4 Å². The quantitative estimate of drug-likeness (QED) is 0.281. The monoisotopic (exact) mass is 538 g/mol. The van der Waals surface area contributed by atoms with E-state index in [1.807, 2.05) is 31.2 Å². The molecule has 1 aromatic carbocycles. The molecule has 3 heterocycles. The summed E-state index contributed by atoms with van der Waals surface area (Å²) in [6, 6.07) is 12.3. The van der Waals surface area contributed by atoms with E-state index < -0.39 is 0 Å². The molecule has 8 heteroatoms. The number of fused-ring (bicyclic) bond motifs is 1. The zero-order valence-corrected chi connectivity index (χ0v) is 20.6. The molecule has 2 aromatic heterocycles. The zero-order valence-electron chi connectivity index (χ0n) is 18.3. The number of hydrogen-bond donors (Lipinski definition) is 2. The number of morpholine rings is 1. The van der Waals surface area contributed by atoms with Crippen LogP contribution in [-0.4, -0.2) is 50.8 Å². The van der Waals surface area contributed by atoms with E-state index in [-0.39, 0.29) is 30.0 Å². The van der Waals surface area contributed by atoms with Gasteiger partial charge in [0.05, 0.1) is 25.8 Å². The number of para-hydroxylation sites is 1. The molecule has 31 heavy (non-hydrogen) atoms. The van der Waals surface area contributed by atoms with E-state index in [0.29, 0.717) is 13.1 Å². The molecule has 2 N–H and O–H groups in total. The Balaban J connectivity index is 0.00000272. The fraction of sp³-hybridized carbons (Fsp3) is 0.435. The zero-order chi connectivity index (χ0) is 20.9. The molecule has 0 bridgehead atoms. The molecule has 0 aliphatic carbocycles. The van der Waals surface area contributed by atoms with Crippen molar-refractivity contribution in [2.24, 2.45) is 4.99 Å². The number of nitrogens with one attached hydrogen (secondary N) is 2. The molecular weight excluding hydrogens is 507 g/mol. The van der Waals surface area contributed by atoms with Gasteiger partial charge in [-0.05, 0) is 32.0 Å². The van der Waals surface area contributed by atoms with Gasteiger partial charge in [0.2, 0.25) is 0 Å². The standard InChI is InChI=1S/C23H30N4O3.HI/c1-16-8-9-21(29-16)19(27-10-12-28-13-11-27)14-25-23(24-3)26-15-22-17(2)18-6-4-5-7-20(18)30-22;/h4-9,19H,10-15H2,1-3H3,(H2,24,25,26);1H. The Morgan fingerprint density at radius 1 is 1.06 bits per heavy atom. The predicted molar refractivity (Wildman–Crippen MR) is 133 cm³/mol. The van der Waals surface area contributed by atoms with E-state index in [2.05, 4.69) is 39.6 Å². The van der Waals surface area contributed by atoms with Crippen LogP contribution in [-0.2, 0) is 11.3 Å². The third-order valence-electron chi connectivity index (χ3n) is 5.62. The first-order valence-electron chi connectivity index (χ1n) is 10.5. The van der Waals surface area contributed by atoms with Gasteiger partial charge >= 0.3 is 0 Å². The minimum Gasteiger partial charge on any atom is -0.465 e. The lowest BCUT2D eigenvalue weighted by Crippen LogP contribution is -2.46. The molecule has 1 atom stereocenters. The van der Waals surface area contributed by atoms with Crippen LogP contribution in [0.2, 0.25) is 0 Å². The third-order valence-corrected chi connectivity index (χ3v) is 5.62. The van der Waals surface area contributed by atoms with Gasteiger partial charge in [-0.1, -0.05) is 18.2 Å². The van der Waals surface area contributed by atoms with E-state index in [9.17, 15) is 0 Å². The Labute approximate surface area is 200 Å². The molecule has 0 spiro atoms. The van der Waals surface area contributed by atoms with Gasteiger partial charge < -0.3 is 24.2 Å².